The quantitative estimate of drug-likeness (QED) is 0.731. The van der Waals surface area contributed by atoms with E-state index in [1.807, 2.05) is 42.5 Å². The highest BCUT2D eigenvalue weighted by Crippen LogP contribution is 2.34. The van der Waals surface area contributed by atoms with Crippen molar-refractivity contribution < 1.29 is 23.7 Å². The van der Waals surface area contributed by atoms with Crippen LogP contribution in [-0.4, -0.2) is 26.6 Å². The Balaban J connectivity index is 1.80. The van der Waals surface area contributed by atoms with Crippen molar-refractivity contribution >= 4 is 6.29 Å². The van der Waals surface area contributed by atoms with Gasteiger partial charge < -0.3 is 23.7 Å². The van der Waals surface area contributed by atoms with E-state index in [4.69, 9.17) is 18.9 Å². The summed E-state index contributed by atoms with van der Waals surface area (Å²) in [4.78, 5) is 11.0. The fourth-order valence-electron chi connectivity index (χ4n) is 2.66. The molecule has 0 bridgehead atoms. The van der Waals surface area contributed by atoms with Crippen LogP contribution in [0.25, 0.3) is 0 Å². The van der Waals surface area contributed by atoms with E-state index in [1.165, 1.54) is 0 Å². The number of benzene rings is 2. The minimum atomic E-state index is -0.480. The summed E-state index contributed by atoms with van der Waals surface area (Å²) in [5.41, 5.74) is 2.69. The topological polar surface area (TPSA) is 54.0 Å². The van der Waals surface area contributed by atoms with Crippen molar-refractivity contribution in [3.63, 3.8) is 0 Å². The molecule has 0 aliphatic carbocycles. The first-order valence-electron chi connectivity index (χ1n) is 7.86. The van der Waals surface area contributed by atoms with Crippen molar-refractivity contribution in [2.45, 2.75) is 19.3 Å². The van der Waals surface area contributed by atoms with Gasteiger partial charge in [-0.25, -0.2) is 0 Å². The molecule has 1 heterocycles. The van der Waals surface area contributed by atoms with Gasteiger partial charge in [0.1, 0.15) is 24.4 Å². The molecule has 1 aliphatic heterocycles. The molecule has 126 valence electrons. The van der Waals surface area contributed by atoms with Crippen LogP contribution in [0.15, 0.2) is 42.5 Å². The normalized spacial score (nSPS) is 14.5. The SMILES string of the molecule is COc1ccc(COc2cccc(CC=O)c2C2OCCO2)cc1. The third kappa shape index (κ3) is 3.75. The molecule has 0 atom stereocenters. The maximum absolute atomic E-state index is 11.0. The van der Waals surface area contributed by atoms with Crippen LogP contribution in [0.4, 0.5) is 0 Å². The highest BCUT2D eigenvalue weighted by Gasteiger charge is 2.25. The van der Waals surface area contributed by atoms with E-state index < -0.39 is 6.29 Å². The molecule has 0 aromatic heterocycles. The average Bonchev–Trinajstić information content (AvgIpc) is 3.15. The molecule has 5 heteroatoms. The van der Waals surface area contributed by atoms with Gasteiger partial charge in [0.05, 0.1) is 25.9 Å². The number of methoxy groups -OCH3 is 1. The van der Waals surface area contributed by atoms with Gasteiger partial charge in [-0.05, 0) is 29.3 Å². The van der Waals surface area contributed by atoms with E-state index in [-0.39, 0.29) is 0 Å². The fraction of sp³-hybridized carbons (Fsp3) is 0.316. The Morgan fingerprint density at radius 2 is 1.88 bits per heavy atom. The molecule has 24 heavy (non-hydrogen) atoms. The average molecular weight is 328 g/mol. The molecule has 0 amide bonds. The maximum Gasteiger partial charge on any atom is 0.187 e. The van der Waals surface area contributed by atoms with Crippen LogP contribution in [0.1, 0.15) is 23.0 Å². The molecule has 1 aliphatic rings. The zero-order chi connectivity index (χ0) is 16.8. The predicted octanol–water partition coefficient (Wildman–Crippen LogP) is 3.06. The number of rotatable bonds is 7. The number of hydrogen-bond acceptors (Lipinski definition) is 5. The summed E-state index contributed by atoms with van der Waals surface area (Å²) in [6.45, 7) is 1.49. The van der Waals surface area contributed by atoms with Gasteiger partial charge in [-0.15, -0.1) is 0 Å². The molecule has 0 spiro atoms. The van der Waals surface area contributed by atoms with Gasteiger partial charge in [-0.2, -0.15) is 0 Å². The van der Waals surface area contributed by atoms with E-state index >= 15 is 0 Å². The first-order chi connectivity index (χ1) is 11.8. The summed E-state index contributed by atoms with van der Waals surface area (Å²) in [7, 11) is 1.64. The molecule has 0 saturated carbocycles. The van der Waals surface area contributed by atoms with E-state index in [2.05, 4.69) is 0 Å². The third-order valence-corrected chi connectivity index (χ3v) is 3.87. The van der Waals surface area contributed by atoms with Crippen LogP contribution < -0.4 is 9.47 Å². The van der Waals surface area contributed by atoms with Crippen molar-refractivity contribution in [1.82, 2.24) is 0 Å². The van der Waals surface area contributed by atoms with Crippen molar-refractivity contribution in [3.05, 3.63) is 59.2 Å². The number of carbonyl (C=O) groups is 1. The molecule has 2 aromatic carbocycles. The largest absolute Gasteiger partial charge is 0.497 e. The summed E-state index contributed by atoms with van der Waals surface area (Å²) in [5.74, 6) is 1.48. The minimum Gasteiger partial charge on any atom is -0.497 e. The van der Waals surface area contributed by atoms with Crippen molar-refractivity contribution in [2.75, 3.05) is 20.3 Å². The molecule has 1 saturated heterocycles. The van der Waals surface area contributed by atoms with E-state index in [0.29, 0.717) is 32.0 Å². The summed E-state index contributed by atoms with van der Waals surface area (Å²) < 4.78 is 22.4. The van der Waals surface area contributed by atoms with E-state index in [0.717, 1.165) is 28.7 Å². The number of aldehydes is 1. The molecule has 2 aromatic rings. The number of hydrogen-bond donors (Lipinski definition) is 0. The van der Waals surface area contributed by atoms with Crippen LogP contribution in [0.5, 0.6) is 11.5 Å². The fourth-order valence-corrected chi connectivity index (χ4v) is 2.66. The molecule has 0 N–H and O–H groups in total. The second kappa shape index (κ2) is 7.95. The number of ether oxygens (including phenoxy) is 4. The molecular formula is C19H20O5. The summed E-state index contributed by atoms with van der Waals surface area (Å²) in [5, 5.41) is 0. The first-order valence-corrected chi connectivity index (χ1v) is 7.86. The van der Waals surface area contributed by atoms with Gasteiger partial charge in [-0.1, -0.05) is 24.3 Å². The van der Waals surface area contributed by atoms with Gasteiger partial charge in [-0.3, -0.25) is 0 Å². The maximum atomic E-state index is 11.0. The Kier molecular flexibility index (Phi) is 5.46. The van der Waals surface area contributed by atoms with Crippen molar-refractivity contribution in [1.29, 1.82) is 0 Å². The van der Waals surface area contributed by atoms with Gasteiger partial charge >= 0.3 is 0 Å². The Morgan fingerprint density at radius 1 is 1.12 bits per heavy atom. The lowest BCUT2D eigenvalue weighted by atomic mass is 10.0. The summed E-state index contributed by atoms with van der Waals surface area (Å²) in [6, 6.07) is 13.3. The van der Waals surface area contributed by atoms with Crippen LogP contribution in [-0.2, 0) is 27.3 Å². The Morgan fingerprint density at radius 3 is 2.54 bits per heavy atom. The lowest BCUT2D eigenvalue weighted by Crippen LogP contribution is -2.08. The summed E-state index contributed by atoms with van der Waals surface area (Å²) in [6.07, 6.45) is 0.700. The van der Waals surface area contributed by atoms with Crippen LogP contribution in [0.2, 0.25) is 0 Å². The highest BCUT2D eigenvalue weighted by atomic mass is 16.7. The standard InChI is InChI=1S/C19H20O5/c1-21-16-7-5-14(6-8-16)13-24-17-4-2-3-15(9-10-20)18(17)19-22-11-12-23-19/h2-8,10,19H,9,11-13H2,1H3. The minimum absolute atomic E-state index is 0.304. The van der Waals surface area contributed by atoms with Crippen LogP contribution >= 0.6 is 0 Å². The lowest BCUT2D eigenvalue weighted by molar-refractivity contribution is -0.107. The molecule has 3 rings (SSSR count). The summed E-state index contributed by atoms with van der Waals surface area (Å²) >= 11 is 0. The molecular weight excluding hydrogens is 308 g/mol. The van der Waals surface area contributed by atoms with E-state index in [9.17, 15) is 4.79 Å². The second-order valence-electron chi connectivity index (χ2n) is 5.41. The first kappa shape index (κ1) is 16.5. The molecule has 1 fully saturated rings. The van der Waals surface area contributed by atoms with Gasteiger partial charge in [0.25, 0.3) is 0 Å². The highest BCUT2D eigenvalue weighted by molar-refractivity contribution is 5.58. The molecule has 0 radical (unpaired) electrons. The van der Waals surface area contributed by atoms with E-state index in [1.54, 1.807) is 7.11 Å². The number of carbonyl (C=O) groups excluding carboxylic acids is 1. The Hall–Kier alpha value is -2.37. The smallest absolute Gasteiger partial charge is 0.187 e. The predicted molar refractivity (Wildman–Crippen MR) is 88.2 cm³/mol. The Bertz CT molecular complexity index is 675. The van der Waals surface area contributed by atoms with Crippen molar-refractivity contribution in [2.24, 2.45) is 0 Å². The van der Waals surface area contributed by atoms with Crippen molar-refractivity contribution in [3.8, 4) is 11.5 Å². The zero-order valence-corrected chi connectivity index (χ0v) is 13.6. The van der Waals surface area contributed by atoms with Crippen LogP contribution in [0, 0.1) is 0 Å². The molecule has 0 unspecified atom stereocenters. The second-order valence-corrected chi connectivity index (χ2v) is 5.41. The van der Waals surface area contributed by atoms with Gasteiger partial charge in [0, 0.05) is 6.42 Å². The monoisotopic (exact) mass is 328 g/mol. The van der Waals surface area contributed by atoms with Crippen LogP contribution in [0.3, 0.4) is 0 Å². The van der Waals surface area contributed by atoms with Gasteiger partial charge in [0.2, 0.25) is 0 Å². The molecule has 5 nitrogen and oxygen atoms in total. The third-order valence-electron chi connectivity index (χ3n) is 3.87. The Labute approximate surface area is 141 Å². The van der Waals surface area contributed by atoms with Gasteiger partial charge in [0.15, 0.2) is 6.29 Å². The zero-order valence-electron chi connectivity index (χ0n) is 13.6. The lowest BCUT2D eigenvalue weighted by Gasteiger charge is -2.18.